The first kappa shape index (κ1) is 15.8. The number of H-pyrrole nitrogens is 1. The molecule has 0 saturated heterocycles. The molecule has 5 heteroatoms. The summed E-state index contributed by atoms with van der Waals surface area (Å²) in [6.45, 7) is 7.84. The maximum atomic E-state index is 9.98. The number of anilines is 1. The molecule has 1 fully saturated rings. The lowest BCUT2D eigenvalue weighted by molar-refractivity contribution is -0.0234. The SMILES string of the molecule is C=Cc1cc2c(NC3CC(C)(O)C3)cc(C)nc2cc1-c1ccn[nH]1. The molecule has 0 atom stereocenters. The summed E-state index contributed by atoms with van der Waals surface area (Å²) in [5, 5.41) is 21.7. The van der Waals surface area contributed by atoms with Crippen LogP contribution in [0.2, 0.25) is 0 Å². The van der Waals surface area contributed by atoms with Gasteiger partial charge in [-0.3, -0.25) is 10.1 Å². The van der Waals surface area contributed by atoms with Crippen molar-refractivity contribution in [3.8, 4) is 11.3 Å². The zero-order valence-electron chi connectivity index (χ0n) is 14.5. The van der Waals surface area contributed by atoms with Gasteiger partial charge in [-0.25, -0.2) is 0 Å². The van der Waals surface area contributed by atoms with Crippen molar-refractivity contribution < 1.29 is 5.11 Å². The van der Waals surface area contributed by atoms with Crippen LogP contribution in [0.4, 0.5) is 5.69 Å². The topological polar surface area (TPSA) is 73.8 Å². The van der Waals surface area contributed by atoms with Crippen LogP contribution in [0, 0.1) is 6.92 Å². The zero-order chi connectivity index (χ0) is 17.6. The number of benzene rings is 1. The molecular formula is C20H22N4O. The number of fused-ring (bicyclic) bond motifs is 1. The Labute approximate surface area is 146 Å². The molecule has 4 rings (SSSR count). The molecule has 5 nitrogen and oxygen atoms in total. The first-order valence-corrected chi connectivity index (χ1v) is 8.52. The van der Waals surface area contributed by atoms with E-state index in [2.05, 4.69) is 40.3 Å². The fourth-order valence-corrected chi connectivity index (χ4v) is 3.67. The predicted molar refractivity (Wildman–Crippen MR) is 101 cm³/mol. The molecule has 0 radical (unpaired) electrons. The number of aromatic nitrogens is 3. The number of hydrogen-bond donors (Lipinski definition) is 3. The quantitative estimate of drug-likeness (QED) is 0.676. The Morgan fingerprint density at radius 1 is 1.36 bits per heavy atom. The highest BCUT2D eigenvalue weighted by Gasteiger charge is 2.38. The molecule has 128 valence electrons. The molecule has 0 bridgehead atoms. The van der Waals surface area contributed by atoms with Crippen LogP contribution in [-0.2, 0) is 0 Å². The summed E-state index contributed by atoms with van der Waals surface area (Å²) in [4.78, 5) is 4.70. The maximum absolute atomic E-state index is 9.98. The summed E-state index contributed by atoms with van der Waals surface area (Å²) in [7, 11) is 0. The van der Waals surface area contributed by atoms with E-state index < -0.39 is 5.60 Å². The Bertz CT molecular complexity index is 936. The fraction of sp³-hybridized carbons (Fsp3) is 0.300. The van der Waals surface area contributed by atoms with Crippen LogP contribution in [0.15, 0.2) is 37.0 Å². The third-order valence-electron chi connectivity index (χ3n) is 4.85. The number of aliphatic hydroxyl groups is 1. The largest absolute Gasteiger partial charge is 0.390 e. The zero-order valence-corrected chi connectivity index (χ0v) is 14.5. The lowest BCUT2D eigenvalue weighted by Gasteiger charge is -2.41. The highest BCUT2D eigenvalue weighted by atomic mass is 16.3. The average molecular weight is 334 g/mol. The summed E-state index contributed by atoms with van der Waals surface area (Å²) in [5.74, 6) is 0. The Kier molecular flexibility index (Phi) is 3.62. The van der Waals surface area contributed by atoms with Gasteiger partial charge in [0.1, 0.15) is 0 Å². The van der Waals surface area contributed by atoms with E-state index in [1.54, 1.807) is 6.20 Å². The molecule has 1 aromatic carbocycles. The minimum absolute atomic E-state index is 0.291. The monoisotopic (exact) mass is 334 g/mol. The van der Waals surface area contributed by atoms with Crippen LogP contribution < -0.4 is 5.32 Å². The van der Waals surface area contributed by atoms with E-state index in [1.165, 1.54) is 0 Å². The van der Waals surface area contributed by atoms with Crippen molar-refractivity contribution in [1.82, 2.24) is 15.2 Å². The standard InChI is InChI=1S/C20H22N4O/c1-4-13-8-16-18(23-14-10-20(3,25)11-14)7-12(2)22-19(16)9-15(13)17-5-6-21-24-17/h4-9,14,25H,1,10-11H2,2-3H3,(H,21,24)(H,22,23). The highest BCUT2D eigenvalue weighted by Crippen LogP contribution is 2.37. The van der Waals surface area contributed by atoms with Gasteiger partial charge < -0.3 is 10.4 Å². The van der Waals surface area contributed by atoms with Crippen LogP contribution >= 0.6 is 0 Å². The van der Waals surface area contributed by atoms with Crippen molar-refractivity contribution in [2.45, 2.75) is 38.3 Å². The Morgan fingerprint density at radius 2 is 2.16 bits per heavy atom. The summed E-state index contributed by atoms with van der Waals surface area (Å²) < 4.78 is 0. The molecule has 0 unspecified atom stereocenters. The van der Waals surface area contributed by atoms with Crippen LogP contribution in [0.25, 0.3) is 28.2 Å². The summed E-state index contributed by atoms with van der Waals surface area (Å²) in [5.41, 5.74) is 5.43. The van der Waals surface area contributed by atoms with Gasteiger partial charge in [-0.1, -0.05) is 12.7 Å². The fourth-order valence-electron chi connectivity index (χ4n) is 3.67. The minimum atomic E-state index is -0.546. The molecule has 3 N–H and O–H groups in total. The van der Waals surface area contributed by atoms with Gasteiger partial charge in [0.05, 0.1) is 16.8 Å². The second-order valence-electron chi connectivity index (χ2n) is 7.19. The van der Waals surface area contributed by atoms with Gasteiger partial charge in [0.15, 0.2) is 0 Å². The van der Waals surface area contributed by atoms with Crippen molar-refractivity contribution in [1.29, 1.82) is 0 Å². The lowest BCUT2D eigenvalue weighted by atomic mass is 9.77. The van der Waals surface area contributed by atoms with E-state index in [1.807, 2.05) is 26.0 Å². The number of aryl methyl sites for hydroxylation is 1. The van der Waals surface area contributed by atoms with Gasteiger partial charge in [-0.2, -0.15) is 5.10 Å². The minimum Gasteiger partial charge on any atom is -0.390 e. The molecule has 0 spiro atoms. The molecule has 1 aliphatic carbocycles. The van der Waals surface area contributed by atoms with E-state index in [4.69, 9.17) is 4.98 Å². The van der Waals surface area contributed by atoms with Gasteiger partial charge in [-0.15, -0.1) is 0 Å². The Hall–Kier alpha value is -2.66. The van der Waals surface area contributed by atoms with Crippen LogP contribution in [0.1, 0.15) is 31.0 Å². The van der Waals surface area contributed by atoms with Gasteiger partial charge in [0, 0.05) is 34.6 Å². The number of pyridine rings is 1. The molecule has 0 amide bonds. The van der Waals surface area contributed by atoms with Gasteiger partial charge in [0.2, 0.25) is 0 Å². The second kappa shape index (κ2) is 5.70. The smallest absolute Gasteiger partial charge is 0.0733 e. The number of aromatic amines is 1. The number of hydrogen-bond acceptors (Lipinski definition) is 4. The summed E-state index contributed by atoms with van der Waals surface area (Å²) >= 11 is 0. The van der Waals surface area contributed by atoms with E-state index in [0.717, 1.165) is 51.9 Å². The van der Waals surface area contributed by atoms with Crippen molar-refractivity contribution in [3.05, 3.63) is 48.3 Å². The molecule has 2 aromatic heterocycles. The maximum Gasteiger partial charge on any atom is 0.0733 e. The van der Waals surface area contributed by atoms with Gasteiger partial charge in [0.25, 0.3) is 0 Å². The van der Waals surface area contributed by atoms with Gasteiger partial charge >= 0.3 is 0 Å². The predicted octanol–water partition coefficient (Wildman–Crippen LogP) is 3.90. The van der Waals surface area contributed by atoms with Crippen molar-refractivity contribution >= 4 is 22.7 Å². The number of nitrogens with one attached hydrogen (secondary N) is 2. The van der Waals surface area contributed by atoms with Crippen LogP contribution in [0.3, 0.4) is 0 Å². The molecule has 1 saturated carbocycles. The number of nitrogens with zero attached hydrogens (tertiary/aromatic N) is 2. The van der Waals surface area contributed by atoms with Crippen LogP contribution in [-0.4, -0.2) is 31.9 Å². The Morgan fingerprint density at radius 3 is 2.80 bits per heavy atom. The average Bonchev–Trinajstić information content (AvgIpc) is 3.06. The molecule has 25 heavy (non-hydrogen) atoms. The third kappa shape index (κ3) is 2.91. The summed E-state index contributed by atoms with van der Waals surface area (Å²) in [6.07, 6.45) is 5.12. The van der Waals surface area contributed by atoms with E-state index in [-0.39, 0.29) is 0 Å². The molecule has 2 heterocycles. The van der Waals surface area contributed by atoms with Crippen molar-refractivity contribution in [2.24, 2.45) is 0 Å². The molecule has 1 aliphatic rings. The highest BCUT2D eigenvalue weighted by molar-refractivity contribution is 5.97. The first-order valence-electron chi connectivity index (χ1n) is 8.52. The Balaban J connectivity index is 1.80. The number of rotatable bonds is 4. The third-order valence-corrected chi connectivity index (χ3v) is 4.85. The first-order chi connectivity index (χ1) is 11.9. The molecule has 0 aliphatic heterocycles. The lowest BCUT2D eigenvalue weighted by Crippen LogP contribution is -2.48. The van der Waals surface area contributed by atoms with Crippen LogP contribution in [0.5, 0.6) is 0 Å². The summed E-state index contributed by atoms with van der Waals surface area (Å²) in [6, 6.07) is 8.50. The molecular weight excluding hydrogens is 312 g/mol. The van der Waals surface area contributed by atoms with Gasteiger partial charge in [-0.05, 0) is 56.5 Å². The normalized spacial score (nSPS) is 22.6. The van der Waals surface area contributed by atoms with Crippen molar-refractivity contribution in [3.63, 3.8) is 0 Å². The van der Waals surface area contributed by atoms with E-state index in [0.29, 0.717) is 6.04 Å². The van der Waals surface area contributed by atoms with E-state index >= 15 is 0 Å². The van der Waals surface area contributed by atoms with E-state index in [9.17, 15) is 5.11 Å². The molecule has 3 aromatic rings. The second-order valence-corrected chi connectivity index (χ2v) is 7.19. The van der Waals surface area contributed by atoms with Crippen molar-refractivity contribution in [2.75, 3.05) is 5.32 Å².